The zero-order valence-corrected chi connectivity index (χ0v) is 19.7. The Morgan fingerprint density at radius 2 is 1.75 bits per heavy atom. The van der Waals surface area contributed by atoms with Crippen LogP contribution in [0.5, 0.6) is 0 Å². The van der Waals surface area contributed by atoms with E-state index in [0.717, 1.165) is 22.7 Å². The summed E-state index contributed by atoms with van der Waals surface area (Å²) >= 11 is 1.27. The smallest absolute Gasteiger partial charge is 0.252 e. The number of aromatic nitrogens is 3. The van der Waals surface area contributed by atoms with Gasteiger partial charge in [0.1, 0.15) is 15.6 Å². The topological polar surface area (TPSA) is 71.3 Å². The number of nitrogens with zero attached hydrogens (tertiary/aromatic N) is 5. The predicted octanol–water partition coefficient (Wildman–Crippen LogP) is 3.61. The molecule has 0 N–H and O–H groups in total. The van der Waals surface area contributed by atoms with E-state index in [0.29, 0.717) is 36.9 Å². The molecular weight excluding hydrogens is 442 g/mol. The fourth-order valence-electron chi connectivity index (χ4n) is 4.28. The number of hydrogen-bond donors (Lipinski definition) is 0. The monoisotopic (exact) mass is 467 g/mol. The van der Waals surface area contributed by atoms with Gasteiger partial charge in [0.2, 0.25) is 0 Å². The van der Waals surface area contributed by atoms with E-state index in [-0.39, 0.29) is 0 Å². The zero-order valence-electron chi connectivity index (χ0n) is 18.1. The lowest BCUT2D eigenvalue weighted by Gasteiger charge is -2.33. The number of imidazole rings is 1. The Morgan fingerprint density at radius 1 is 1.00 bits per heavy atom. The van der Waals surface area contributed by atoms with Gasteiger partial charge in [-0.25, -0.2) is 18.4 Å². The van der Waals surface area contributed by atoms with Crippen LogP contribution in [0.15, 0.2) is 58.3 Å². The van der Waals surface area contributed by atoms with Crippen LogP contribution < -0.4 is 0 Å². The Balaban J connectivity index is 1.41. The van der Waals surface area contributed by atoms with Crippen LogP contribution in [0.2, 0.25) is 0 Å². The molecule has 0 aliphatic carbocycles. The second-order valence-electron chi connectivity index (χ2n) is 8.17. The van der Waals surface area contributed by atoms with E-state index in [9.17, 15) is 8.42 Å². The molecule has 4 heterocycles. The van der Waals surface area contributed by atoms with Crippen LogP contribution in [-0.2, 0) is 16.6 Å². The number of piperazine rings is 1. The normalized spacial score (nSPS) is 16.1. The first kappa shape index (κ1) is 21.3. The summed E-state index contributed by atoms with van der Waals surface area (Å²) in [5, 5.41) is 1.80. The highest BCUT2D eigenvalue weighted by Crippen LogP contribution is 2.25. The lowest BCUT2D eigenvalue weighted by molar-refractivity contribution is 0.178. The third-order valence-corrected chi connectivity index (χ3v) is 9.01. The van der Waals surface area contributed by atoms with E-state index in [4.69, 9.17) is 4.98 Å². The molecule has 0 bridgehead atoms. The number of rotatable bonds is 5. The third-order valence-electron chi connectivity index (χ3n) is 5.74. The molecule has 1 saturated heterocycles. The van der Waals surface area contributed by atoms with Crippen molar-refractivity contribution < 1.29 is 8.42 Å². The standard InChI is InChI=1S/C23H25N5O2S2/c1-17-13-18(2)15-19(14-17)28-21(25-20-5-3-7-24-23(20)28)16-26-8-10-27(11-9-26)32(29,30)22-6-4-12-31-22/h3-7,12-15H,8-11,16H2,1-2H3. The minimum Gasteiger partial charge on any atom is -0.293 e. The Labute approximate surface area is 192 Å². The zero-order chi connectivity index (χ0) is 22.3. The number of hydrogen-bond acceptors (Lipinski definition) is 6. The highest BCUT2D eigenvalue weighted by molar-refractivity contribution is 7.91. The molecule has 0 atom stereocenters. The highest BCUT2D eigenvalue weighted by Gasteiger charge is 2.29. The maximum absolute atomic E-state index is 12.8. The van der Waals surface area contributed by atoms with Crippen LogP contribution in [0.25, 0.3) is 16.9 Å². The molecule has 32 heavy (non-hydrogen) atoms. The first-order valence-corrected chi connectivity index (χ1v) is 12.9. The minimum absolute atomic E-state index is 0.411. The Morgan fingerprint density at radius 3 is 2.44 bits per heavy atom. The van der Waals surface area contributed by atoms with Gasteiger partial charge >= 0.3 is 0 Å². The van der Waals surface area contributed by atoms with Crippen molar-refractivity contribution in [3.8, 4) is 5.69 Å². The SMILES string of the molecule is Cc1cc(C)cc(-n2c(CN3CCN(S(=O)(=O)c4cccs4)CC3)nc3cccnc32)c1. The molecule has 9 heteroatoms. The number of aryl methyl sites for hydroxylation is 2. The van der Waals surface area contributed by atoms with Gasteiger partial charge in [-0.1, -0.05) is 12.1 Å². The molecule has 0 amide bonds. The van der Waals surface area contributed by atoms with Gasteiger partial charge in [0, 0.05) is 38.1 Å². The Kier molecular flexibility index (Phi) is 5.58. The largest absolute Gasteiger partial charge is 0.293 e. The number of sulfonamides is 1. The van der Waals surface area contributed by atoms with Gasteiger partial charge in [0.05, 0.1) is 6.54 Å². The van der Waals surface area contributed by atoms with E-state index in [1.54, 1.807) is 28.0 Å². The summed E-state index contributed by atoms with van der Waals surface area (Å²) in [6.07, 6.45) is 1.79. The molecule has 166 valence electrons. The number of fused-ring (bicyclic) bond motifs is 1. The van der Waals surface area contributed by atoms with Gasteiger partial charge in [-0.3, -0.25) is 9.47 Å². The van der Waals surface area contributed by atoms with Crippen LogP contribution in [0.4, 0.5) is 0 Å². The van der Waals surface area contributed by atoms with Crippen LogP contribution in [0.1, 0.15) is 17.0 Å². The van der Waals surface area contributed by atoms with Crippen LogP contribution in [0, 0.1) is 13.8 Å². The number of pyridine rings is 1. The molecule has 0 spiro atoms. The summed E-state index contributed by atoms with van der Waals surface area (Å²) in [4.78, 5) is 11.7. The van der Waals surface area contributed by atoms with Crippen LogP contribution in [-0.4, -0.2) is 58.3 Å². The van der Waals surface area contributed by atoms with Crippen LogP contribution >= 0.6 is 11.3 Å². The third kappa shape index (κ3) is 3.97. The van der Waals surface area contributed by atoms with Crippen molar-refractivity contribution >= 4 is 32.5 Å². The van der Waals surface area contributed by atoms with E-state index < -0.39 is 10.0 Å². The van der Waals surface area contributed by atoms with E-state index in [2.05, 4.69) is 46.5 Å². The minimum atomic E-state index is -3.40. The summed E-state index contributed by atoms with van der Waals surface area (Å²) in [7, 11) is -3.40. The average molecular weight is 468 g/mol. The molecule has 1 aliphatic rings. The second kappa shape index (κ2) is 8.40. The molecule has 1 fully saturated rings. The van der Waals surface area contributed by atoms with Gasteiger partial charge in [-0.15, -0.1) is 11.3 Å². The van der Waals surface area contributed by atoms with Gasteiger partial charge in [0.25, 0.3) is 10.0 Å². The molecule has 1 aromatic carbocycles. The molecule has 7 nitrogen and oxygen atoms in total. The highest BCUT2D eigenvalue weighted by atomic mass is 32.2. The van der Waals surface area contributed by atoms with Gasteiger partial charge in [-0.2, -0.15) is 4.31 Å². The fraction of sp³-hybridized carbons (Fsp3) is 0.304. The number of benzene rings is 1. The summed E-state index contributed by atoms with van der Waals surface area (Å²) in [6, 6.07) is 13.8. The van der Waals surface area contributed by atoms with Crippen molar-refractivity contribution in [1.82, 2.24) is 23.7 Å². The molecular formula is C23H25N5O2S2. The van der Waals surface area contributed by atoms with Crippen molar-refractivity contribution in [2.24, 2.45) is 0 Å². The molecule has 4 aromatic rings. The van der Waals surface area contributed by atoms with Gasteiger partial charge < -0.3 is 0 Å². The van der Waals surface area contributed by atoms with E-state index in [1.165, 1.54) is 22.5 Å². The van der Waals surface area contributed by atoms with Crippen molar-refractivity contribution in [1.29, 1.82) is 0 Å². The fourth-order valence-corrected chi connectivity index (χ4v) is 6.85. The molecule has 3 aromatic heterocycles. The Bertz CT molecular complexity index is 1330. The number of thiophene rings is 1. The molecule has 0 saturated carbocycles. The van der Waals surface area contributed by atoms with Crippen molar-refractivity contribution in [3.05, 3.63) is 71.0 Å². The maximum Gasteiger partial charge on any atom is 0.252 e. The molecule has 5 rings (SSSR count). The maximum atomic E-state index is 12.8. The first-order chi connectivity index (χ1) is 15.4. The quantitative estimate of drug-likeness (QED) is 0.448. The van der Waals surface area contributed by atoms with Crippen molar-refractivity contribution in [2.75, 3.05) is 26.2 Å². The molecule has 0 radical (unpaired) electrons. The lowest BCUT2D eigenvalue weighted by Crippen LogP contribution is -2.48. The summed E-state index contributed by atoms with van der Waals surface area (Å²) in [5.41, 5.74) is 5.14. The summed E-state index contributed by atoms with van der Waals surface area (Å²) in [6.45, 7) is 7.09. The summed E-state index contributed by atoms with van der Waals surface area (Å²) in [5.74, 6) is 0.915. The van der Waals surface area contributed by atoms with Crippen LogP contribution in [0.3, 0.4) is 0 Å². The Hall–Kier alpha value is -2.59. The van der Waals surface area contributed by atoms with E-state index >= 15 is 0 Å². The second-order valence-corrected chi connectivity index (χ2v) is 11.3. The average Bonchev–Trinajstić information content (AvgIpc) is 3.42. The lowest BCUT2D eigenvalue weighted by atomic mass is 10.1. The molecule has 1 aliphatic heterocycles. The van der Waals surface area contributed by atoms with Gasteiger partial charge in [-0.05, 0) is 60.7 Å². The van der Waals surface area contributed by atoms with Crippen molar-refractivity contribution in [3.63, 3.8) is 0 Å². The molecule has 0 unspecified atom stereocenters. The van der Waals surface area contributed by atoms with Crippen molar-refractivity contribution in [2.45, 2.75) is 24.6 Å². The first-order valence-electron chi connectivity index (χ1n) is 10.6. The van der Waals surface area contributed by atoms with Gasteiger partial charge in [0.15, 0.2) is 5.65 Å². The van der Waals surface area contributed by atoms with E-state index in [1.807, 2.05) is 12.1 Å². The summed E-state index contributed by atoms with van der Waals surface area (Å²) < 4.78 is 29.8. The predicted molar refractivity (Wildman–Crippen MR) is 127 cm³/mol.